The van der Waals surface area contributed by atoms with Crippen molar-refractivity contribution >= 4 is 0 Å². The molecule has 0 N–H and O–H groups in total. The lowest BCUT2D eigenvalue weighted by molar-refractivity contribution is 0.0443. The Morgan fingerprint density at radius 3 is 3.00 bits per heavy atom. The highest BCUT2D eigenvalue weighted by molar-refractivity contribution is 4.98. The Morgan fingerprint density at radius 2 is 2.50 bits per heavy atom. The quantitative estimate of drug-likeness (QED) is 0.433. The van der Waals surface area contributed by atoms with Gasteiger partial charge in [0.05, 0.1) is 18.8 Å². The van der Waals surface area contributed by atoms with Crippen molar-refractivity contribution in [2.45, 2.75) is 31.2 Å². The molecule has 0 spiro atoms. The molecule has 0 aromatic carbocycles. The number of epoxide rings is 1. The van der Waals surface area contributed by atoms with Crippen molar-refractivity contribution in [2.75, 3.05) is 6.61 Å². The third-order valence-corrected chi connectivity index (χ3v) is 2.15. The first-order chi connectivity index (χ1) is 4.92. The lowest BCUT2D eigenvalue weighted by Crippen LogP contribution is -2.15. The van der Waals surface area contributed by atoms with Crippen molar-refractivity contribution in [3.8, 4) is 0 Å². The molecule has 1 heterocycles. The molecule has 56 valence electrons. The molecule has 1 aliphatic carbocycles. The van der Waals surface area contributed by atoms with Crippen LogP contribution in [0.3, 0.4) is 0 Å². The fraction of sp³-hybridized carbons (Fsp3) is 0.750. The third-order valence-electron chi connectivity index (χ3n) is 2.15. The summed E-state index contributed by atoms with van der Waals surface area (Å²) in [6.07, 6.45) is 5.48. The van der Waals surface area contributed by atoms with E-state index in [1.54, 1.807) is 6.08 Å². The van der Waals surface area contributed by atoms with Crippen LogP contribution in [-0.4, -0.2) is 24.9 Å². The predicted octanol–water partition coefficient (Wildman–Crippen LogP) is 1.12. The lowest BCUT2D eigenvalue weighted by atomic mass is 10.3. The van der Waals surface area contributed by atoms with Crippen molar-refractivity contribution < 1.29 is 9.47 Å². The second-order valence-electron chi connectivity index (χ2n) is 2.88. The van der Waals surface area contributed by atoms with E-state index >= 15 is 0 Å². The van der Waals surface area contributed by atoms with Crippen LogP contribution in [-0.2, 0) is 9.47 Å². The largest absolute Gasteiger partial charge is 0.371 e. The Labute approximate surface area is 60.8 Å². The molecule has 1 saturated heterocycles. The van der Waals surface area contributed by atoms with Gasteiger partial charge in [-0.05, 0) is 12.8 Å². The summed E-state index contributed by atoms with van der Waals surface area (Å²) in [7, 11) is 0. The Hall–Kier alpha value is -0.340. The molecule has 2 nitrogen and oxygen atoms in total. The van der Waals surface area contributed by atoms with Crippen LogP contribution in [0.25, 0.3) is 0 Å². The molecule has 0 bridgehead atoms. The molecule has 2 heteroatoms. The number of rotatable bonds is 3. The third kappa shape index (κ3) is 0.976. The van der Waals surface area contributed by atoms with Crippen molar-refractivity contribution in [2.24, 2.45) is 0 Å². The van der Waals surface area contributed by atoms with Gasteiger partial charge in [0.2, 0.25) is 0 Å². The highest BCUT2D eigenvalue weighted by Gasteiger charge is 2.50. The van der Waals surface area contributed by atoms with Crippen LogP contribution in [0.5, 0.6) is 0 Å². The molecule has 2 rings (SSSR count). The van der Waals surface area contributed by atoms with E-state index < -0.39 is 0 Å². The molecule has 0 aromatic rings. The minimum Gasteiger partial charge on any atom is -0.371 e. The van der Waals surface area contributed by atoms with Crippen LogP contribution in [0.2, 0.25) is 0 Å². The second kappa shape index (κ2) is 2.36. The van der Waals surface area contributed by atoms with Gasteiger partial charge in [0, 0.05) is 0 Å². The van der Waals surface area contributed by atoms with E-state index in [0.717, 1.165) is 0 Å². The summed E-state index contributed by atoms with van der Waals surface area (Å²) < 4.78 is 10.8. The van der Waals surface area contributed by atoms with E-state index in [9.17, 15) is 0 Å². The zero-order valence-electron chi connectivity index (χ0n) is 5.95. The first-order valence-electron chi connectivity index (χ1n) is 3.80. The molecule has 0 amide bonds. The monoisotopic (exact) mass is 140 g/mol. The molecule has 0 aromatic heterocycles. The van der Waals surface area contributed by atoms with E-state index in [1.807, 2.05) is 0 Å². The van der Waals surface area contributed by atoms with Gasteiger partial charge in [0.25, 0.3) is 0 Å². The van der Waals surface area contributed by atoms with Crippen LogP contribution in [0.1, 0.15) is 12.8 Å². The molecular formula is C8H12O2. The summed E-state index contributed by atoms with van der Waals surface area (Å²) in [4.78, 5) is 0. The molecule has 0 radical (unpaired) electrons. The SMILES string of the molecule is C=CCOC1CCC2OC12. The summed E-state index contributed by atoms with van der Waals surface area (Å²) in [5.41, 5.74) is 0. The highest BCUT2D eigenvalue weighted by atomic mass is 16.6. The van der Waals surface area contributed by atoms with E-state index in [2.05, 4.69) is 6.58 Å². The van der Waals surface area contributed by atoms with Crippen molar-refractivity contribution in [1.29, 1.82) is 0 Å². The minimum atomic E-state index is 0.364. The maximum Gasteiger partial charge on any atom is 0.110 e. The molecule has 2 aliphatic rings. The summed E-state index contributed by atoms with van der Waals surface area (Å²) >= 11 is 0. The normalized spacial score (nSPS) is 43.0. The molecule has 3 atom stereocenters. The highest BCUT2D eigenvalue weighted by Crippen LogP contribution is 2.40. The maximum atomic E-state index is 5.46. The zero-order chi connectivity index (χ0) is 6.97. The summed E-state index contributed by atoms with van der Waals surface area (Å²) in [5.74, 6) is 0. The Balaban J connectivity index is 1.77. The molecule has 10 heavy (non-hydrogen) atoms. The second-order valence-corrected chi connectivity index (χ2v) is 2.88. The van der Waals surface area contributed by atoms with Crippen molar-refractivity contribution in [1.82, 2.24) is 0 Å². The average molecular weight is 140 g/mol. The Kier molecular flexibility index (Phi) is 1.51. The standard InChI is InChI=1S/C8H12O2/c1-2-5-9-6-3-4-7-8(6)10-7/h2,6-8H,1,3-5H2. The zero-order valence-corrected chi connectivity index (χ0v) is 5.95. The van der Waals surface area contributed by atoms with E-state index in [4.69, 9.17) is 9.47 Å². The lowest BCUT2D eigenvalue weighted by Gasteiger charge is -2.09. The maximum absolute atomic E-state index is 5.46. The van der Waals surface area contributed by atoms with Crippen molar-refractivity contribution in [3.63, 3.8) is 0 Å². The number of fused-ring (bicyclic) bond motifs is 1. The van der Waals surface area contributed by atoms with Gasteiger partial charge < -0.3 is 9.47 Å². The first-order valence-corrected chi connectivity index (χ1v) is 3.80. The van der Waals surface area contributed by atoms with E-state index in [-0.39, 0.29) is 0 Å². The topological polar surface area (TPSA) is 21.8 Å². The van der Waals surface area contributed by atoms with Gasteiger partial charge in [-0.25, -0.2) is 0 Å². The van der Waals surface area contributed by atoms with Gasteiger partial charge in [0.15, 0.2) is 0 Å². The summed E-state index contributed by atoms with van der Waals surface area (Å²) in [6.45, 7) is 4.26. The molecule has 3 unspecified atom stereocenters. The van der Waals surface area contributed by atoms with Crippen LogP contribution < -0.4 is 0 Å². The molecule has 2 fully saturated rings. The van der Waals surface area contributed by atoms with Gasteiger partial charge in [-0.3, -0.25) is 0 Å². The van der Waals surface area contributed by atoms with Gasteiger partial charge in [-0.2, -0.15) is 0 Å². The predicted molar refractivity (Wildman–Crippen MR) is 37.8 cm³/mol. The summed E-state index contributed by atoms with van der Waals surface area (Å²) in [6, 6.07) is 0. The Morgan fingerprint density at radius 1 is 1.60 bits per heavy atom. The van der Waals surface area contributed by atoms with E-state index in [1.165, 1.54) is 12.8 Å². The van der Waals surface area contributed by atoms with Gasteiger partial charge >= 0.3 is 0 Å². The van der Waals surface area contributed by atoms with Crippen LogP contribution in [0.4, 0.5) is 0 Å². The fourth-order valence-corrected chi connectivity index (χ4v) is 1.58. The van der Waals surface area contributed by atoms with Crippen LogP contribution in [0, 0.1) is 0 Å². The number of hydrogen-bond donors (Lipinski definition) is 0. The van der Waals surface area contributed by atoms with Gasteiger partial charge in [-0.15, -0.1) is 6.58 Å². The molecule has 1 saturated carbocycles. The van der Waals surface area contributed by atoms with Crippen LogP contribution >= 0.6 is 0 Å². The Bertz CT molecular complexity index is 144. The number of hydrogen-bond acceptors (Lipinski definition) is 2. The van der Waals surface area contributed by atoms with Crippen molar-refractivity contribution in [3.05, 3.63) is 12.7 Å². The first kappa shape index (κ1) is 6.38. The van der Waals surface area contributed by atoms with Gasteiger partial charge in [0.1, 0.15) is 6.10 Å². The molecule has 1 aliphatic heterocycles. The molecular weight excluding hydrogens is 128 g/mol. The number of ether oxygens (including phenoxy) is 2. The van der Waals surface area contributed by atoms with E-state index in [0.29, 0.717) is 24.9 Å². The van der Waals surface area contributed by atoms with Crippen LogP contribution in [0.15, 0.2) is 12.7 Å². The average Bonchev–Trinajstić information content (AvgIpc) is 2.63. The summed E-state index contributed by atoms with van der Waals surface area (Å²) in [5, 5.41) is 0. The fourth-order valence-electron chi connectivity index (χ4n) is 1.58. The smallest absolute Gasteiger partial charge is 0.110 e. The van der Waals surface area contributed by atoms with Gasteiger partial charge in [-0.1, -0.05) is 6.08 Å². The minimum absolute atomic E-state index is 0.364.